The number of rotatable bonds is 8. The summed E-state index contributed by atoms with van der Waals surface area (Å²) in [5, 5.41) is 9.06. The number of halogens is 2. The lowest BCUT2D eigenvalue weighted by molar-refractivity contribution is 0.0923. The zero-order valence-corrected chi connectivity index (χ0v) is 19.7. The van der Waals surface area contributed by atoms with Crippen LogP contribution >= 0.6 is 34.5 Å². The first-order valence-electron chi connectivity index (χ1n) is 10.2. The Labute approximate surface area is 196 Å². The maximum Gasteiger partial charge on any atom is 0.322 e. The standard InChI is InChI=1S/C21H26Cl2N4O3S/c1-30-10-9-27(21(29)25-15-7-8-16(22)17(23)11-15)12-19-26-18(13-31-19)20(28)24-14-5-3-2-4-6-14/h7-8,11,13-14H,2-6,9-10,12H2,1H3,(H,24,28)(H,25,29). The molecule has 10 heteroatoms. The molecule has 3 amide bonds. The number of thiazole rings is 1. The number of hydrogen-bond acceptors (Lipinski definition) is 5. The summed E-state index contributed by atoms with van der Waals surface area (Å²) >= 11 is 13.3. The molecule has 0 spiro atoms. The number of urea groups is 1. The van der Waals surface area contributed by atoms with Gasteiger partial charge in [0.2, 0.25) is 0 Å². The van der Waals surface area contributed by atoms with Crippen LogP contribution in [0.3, 0.4) is 0 Å². The molecule has 31 heavy (non-hydrogen) atoms. The van der Waals surface area contributed by atoms with Crippen molar-refractivity contribution >= 4 is 52.2 Å². The highest BCUT2D eigenvalue weighted by Gasteiger charge is 2.20. The first-order valence-corrected chi connectivity index (χ1v) is 11.8. The number of nitrogens with one attached hydrogen (secondary N) is 2. The molecule has 0 unspecified atom stereocenters. The Bertz CT molecular complexity index is 903. The number of anilines is 1. The summed E-state index contributed by atoms with van der Waals surface area (Å²) in [5.41, 5.74) is 0.927. The number of carbonyl (C=O) groups is 2. The summed E-state index contributed by atoms with van der Waals surface area (Å²) in [4.78, 5) is 31.3. The second kappa shape index (κ2) is 11.7. The van der Waals surface area contributed by atoms with E-state index in [1.807, 2.05) is 0 Å². The van der Waals surface area contributed by atoms with Gasteiger partial charge in [0, 0.05) is 30.8 Å². The van der Waals surface area contributed by atoms with E-state index < -0.39 is 0 Å². The normalized spacial score (nSPS) is 14.3. The molecule has 1 fully saturated rings. The molecule has 7 nitrogen and oxygen atoms in total. The van der Waals surface area contributed by atoms with Crippen LogP contribution in [0.15, 0.2) is 23.6 Å². The van der Waals surface area contributed by atoms with E-state index >= 15 is 0 Å². The lowest BCUT2D eigenvalue weighted by atomic mass is 9.95. The van der Waals surface area contributed by atoms with Crippen molar-refractivity contribution in [2.75, 3.05) is 25.6 Å². The number of ether oxygens (including phenoxy) is 1. The Balaban J connectivity index is 1.62. The van der Waals surface area contributed by atoms with Gasteiger partial charge >= 0.3 is 6.03 Å². The molecule has 1 aliphatic rings. The van der Waals surface area contributed by atoms with Crippen molar-refractivity contribution < 1.29 is 14.3 Å². The first-order chi connectivity index (χ1) is 15.0. The molecule has 1 aliphatic carbocycles. The summed E-state index contributed by atoms with van der Waals surface area (Å²) in [6, 6.07) is 4.79. The maximum atomic E-state index is 12.8. The predicted molar refractivity (Wildman–Crippen MR) is 124 cm³/mol. The van der Waals surface area contributed by atoms with Crippen LogP contribution in [-0.2, 0) is 11.3 Å². The van der Waals surface area contributed by atoms with E-state index in [0.29, 0.717) is 39.6 Å². The Morgan fingerprint density at radius 3 is 2.71 bits per heavy atom. The summed E-state index contributed by atoms with van der Waals surface area (Å²) in [6.07, 6.45) is 5.56. The van der Waals surface area contributed by atoms with Gasteiger partial charge in [-0.2, -0.15) is 0 Å². The molecule has 3 rings (SSSR count). The van der Waals surface area contributed by atoms with Gasteiger partial charge in [0.05, 0.1) is 23.2 Å². The monoisotopic (exact) mass is 484 g/mol. The Hall–Kier alpha value is -1.87. The third-order valence-electron chi connectivity index (χ3n) is 5.07. The fourth-order valence-corrected chi connectivity index (χ4v) is 4.47. The highest BCUT2D eigenvalue weighted by molar-refractivity contribution is 7.09. The quantitative estimate of drug-likeness (QED) is 0.539. The molecular formula is C21H26Cl2N4O3S. The minimum atomic E-state index is -0.321. The van der Waals surface area contributed by atoms with Gasteiger partial charge in [-0.05, 0) is 31.0 Å². The van der Waals surface area contributed by atoms with Crippen LogP contribution < -0.4 is 10.6 Å². The van der Waals surface area contributed by atoms with E-state index in [2.05, 4.69) is 15.6 Å². The number of benzene rings is 1. The largest absolute Gasteiger partial charge is 0.383 e. The first kappa shape index (κ1) is 23.8. The lowest BCUT2D eigenvalue weighted by Gasteiger charge is -2.22. The van der Waals surface area contributed by atoms with Crippen molar-refractivity contribution in [1.82, 2.24) is 15.2 Å². The van der Waals surface area contributed by atoms with Crippen LogP contribution in [0.1, 0.15) is 47.6 Å². The molecule has 2 aromatic rings. The van der Waals surface area contributed by atoms with E-state index in [0.717, 1.165) is 25.7 Å². The third-order valence-corrected chi connectivity index (χ3v) is 6.65. The molecule has 1 saturated carbocycles. The maximum absolute atomic E-state index is 12.8. The summed E-state index contributed by atoms with van der Waals surface area (Å²) < 4.78 is 5.13. The molecule has 1 aromatic heterocycles. The number of methoxy groups -OCH3 is 1. The van der Waals surface area contributed by atoms with Gasteiger partial charge in [-0.3, -0.25) is 4.79 Å². The fourth-order valence-electron chi connectivity index (χ4n) is 3.39. The lowest BCUT2D eigenvalue weighted by Crippen LogP contribution is -2.37. The minimum Gasteiger partial charge on any atom is -0.383 e. The molecule has 1 heterocycles. The highest BCUT2D eigenvalue weighted by atomic mass is 35.5. The van der Waals surface area contributed by atoms with Crippen LogP contribution in [0, 0.1) is 0 Å². The van der Waals surface area contributed by atoms with Crippen LogP contribution in [0.4, 0.5) is 10.5 Å². The third kappa shape index (κ3) is 7.07. The zero-order valence-electron chi connectivity index (χ0n) is 17.3. The Morgan fingerprint density at radius 1 is 1.23 bits per heavy atom. The number of nitrogens with zero attached hydrogens (tertiary/aromatic N) is 2. The van der Waals surface area contributed by atoms with Crippen LogP contribution in [0.2, 0.25) is 10.0 Å². The van der Waals surface area contributed by atoms with Crippen molar-refractivity contribution in [3.63, 3.8) is 0 Å². The van der Waals surface area contributed by atoms with Crippen LogP contribution in [-0.4, -0.2) is 48.1 Å². The molecule has 0 bridgehead atoms. The van der Waals surface area contributed by atoms with E-state index in [1.165, 1.54) is 17.8 Å². The minimum absolute atomic E-state index is 0.155. The van der Waals surface area contributed by atoms with Crippen molar-refractivity contribution in [3.8, 4) is 0 Å². The summed E-state index contributed by atoms with van der Waals surface area (Å²) in [7, 11) is 1.58. The fraction of sp³-hybridized carbons (Fsp3) is 0.476. The van der Waals surface area contributed by atoms with Gasteiger partial charge in [0.25, 0.3) is 5.91 Å². The Morgan fingerprint density at radius 2 is 2.00 bits per heavy atom. The second-order valence-corrected chi connectivity index (χ2v) is 9.17. The number of amides is 3. The number of aromatic nitrogens is 1. The van der Waals surface area contributed by atoms with Gasteiger partial charge in [-0.1, -0.05) is 42.5 Å². The molecule has 2 N–H and O–H groups in total. The molecular weight excluding hydrogens is 459 g/mol. The molecule has 0 radical (unpaired) electrons. The van der Waals surface area contributed by atoms with Crippen molar-refractivity contribution in [2.24, 2.45) is 0 Å². The van der Waals surface area contributed by atoms with E-state index in [4.69, 9.17) is 27.9 Å². The summed E-state index contributed by atoms with van der Waals surface area (Å²) in [6.45, 7) is 1.000. The zero-order chi connectivity index (χ0) is 22.2. The summed E-state index contributed by atoms with van der Waals surface area (Å²) in [5.74, 6) is -0.155. The van der Waals surface area contributed by atoms with E-state index in [1.54, 1.807) is 35.6 Å². The molecule has 168 valence electrons. The van der Waals surface area contributed by atoms with E-state index in [-0.39, 0.29) is 24.5 Å². The average Bonchev–Trinajstić information content (AvgIpc) is 3.23. The Kier molecular flexibility index (Phi) is 8.95. The number of hydrogen-bond donors (Lipinski definition) is 2. The molecule has 0 aliphatic heterocycles. The highest BCUT2D eigenvalue weighted by Crippen LogP contribution is 2.25. The smallest absolute Gasteiger partial charge is 0.322 e. The van der Waals surface area contributed by atoms with E-state index in [9.17, 15) is 9.59 Å². The second-order valence-electron chi connectivity index (χ2n) is 7.41. The van der Waals surface area contributed by atoms with Gasteiger partial charge in [0.1, 0.15) is 10.7 Å². The molecule has 0 atom stereocenters. The number of carbonyl (C=O) groups excluding carboxylic acids is 2. The van der Waals surface area contributed by atoms with Crippen molar-refractivity contribution in [2.45, 2.75) is 44.7 Å². The van der Waals surface area contributed by atoms with Gasteiger partial charge in [-0.15, -0.1) is 11.3 Å². The van der Waals surface area contributed by atoms with Gasteiger partial charge < -0.3 is 20.3 Å². The van der Waals surface area contributed by atoms with Crippen molar-refractivity contribution in [1.29, 1.82) is 0 Å². The van der Waals surface area contributed by atoms with Crippen LogP contribution in [0.25, 0.3) is 0 Å². The topological polar surface area (TPSA) is 83.6 Å². The van der Waals surface area contributed by atoms with Crippen molar-refractivity contribution in [3.05, 3.63) is 44.3 Å². The average molecular weight is 485 g/mol. The molecule has 1 aromatic carbocycles. The van der Waals surface area contributed by atoms with Crippen LogP contribution in [0.5, 0.6) is 0 Å². The van der Waals surface area contributed by atoms with Gasteiger partial charge in [-0.25, -0.2) is 9.78 Å². The molecule has 0 saturated heterocycles. The SMILES string of the molecule is COCCN(Cc1nc(C(=O)NC2CCCCC2)cs1)C(=O)Nc1ccc(Cl)c(Cl)c1. The predicted octanol–water partition coefficient (Wildman–Crippen LogP) is 5.19. The van der Waals surface area contributed by atoms with Gasteiger partial charge in [0.15, 0.2) is 0 Å².